The van der Waals surface area contributed by atoms with E-state index in [0.717, 1.165) is 10.3 Å². The molecule has 0 aliphatic heterocycles. The maximum absolute atomic E-state index is 12.3. The van der Waals surface area contributed by atoms with Gasteiger partial charge in [-0.05, 0) is 0 Å². The highest BCUT2D eigenvalue weighted by Crippen LogP contribution is 2.25. The van der Waals surface area contributed by atoms with Gasteiger partial charge in [0.2, 0.25) is 0 Å². The Balaban J connectivity index is 3.19. The van der Waals surface area contributed by atoms with Gasteiger partial charge in [0.1, 0.15) is 0 Å². The van der Waals surface area contributed by atoms with Crippen LogP contribution in [0.5, 0.6) is 0 Å². The summed E-state index contributed by atoms with van der Waals surface area (Å²) in [5, 5.41) is 12.3. The summed E-state index contributed by atoms with van der Waals surface area (Å²) in [6.45, 7) is 5.39. The summed E-state index contributed by atoms with van der Waals surface area (Å²) in [5.41, 5.74) is 0.964. The van der Waals surface area contributed by atoms with Crippen molar-refractivity contribution in [3.8, 4) is 0 Å². The third-order valence-electron chi connectivity index (χ3n) is 2.84. The maximum Gasteiger partial charge on any atom is 0.399 e. The lowest BCUT2D eigenvalue weighted by atomic mass is 9.96. The predicted molar refractivity (Wildman–Crippen MR) is 70.3 cm³/mol. The van der Waals surface area contributed by atoms with Crippen molar-refractivity contribution in [2.75, 3.05) is 7.11 Å². The molecule has 0 bridgehead atoms. The van der Waals surface area contributed by atoms with Gasteiger partial charge in [-0.1, -0.05) is 44.2 Å². The van der Waals surface area contributed by atoms with Gasteiger partial charge in [-0.25, -0.2) is 4.79 Å². The van der Waals surface area contributed by atoms with E-state index in [-0.39, 0.29) is 17.7 Å². The molecule has 18 heavy (non-hydrogen) atoms. The first-order valence-electron chi connectivity index (χ1n) is 5.92. The fraction of sp³-hybridized carbons (Fsp3) is 0.429. The molecule has 98 valence electrons. The van der Waals surface area contributed by atoms with Crippen molar-refractivity contribution in [1.82, 2.24) is 0 Å². The average Bonchev–Trinajstić information content (AvgIpc) is 2.37. The van der Waals surface area contributed by atoms with E-state index in [1.165, 1.54) is 14.0 Å². The topological polar surface area (TPSA) is 52.4 Å². The van der Waals surface area contributed by atoms with Crippen LogP contribution >= 0.6 is 0 Å². The summed E-state index contributed by atoms with van der Waals surface area (Å²) in [6, 6.07) is 9.05. The summed E-state index contributed by atoms with van der Waals surface area (Å²) >= 11 is 0. The number of hydroxylamine groups is 1. The van der Waals surface area contributed by atoms with E-state index in [0.29, 0.717) is 0 Å². The molecule has 0 radical (unpaired) electrons. The van der Waals surface area contributed by atoms with Crippen LogP contribution in [0.2, 0.25) is 0 Å². The minimum atomic E-state index is -0.591. The molecule has 4 heteroatoms. The molecule has 0 aromatic heterocycles. The zero-order valence-corrected chi connectivity index (χ0v) is 11.2. The monoisotopic (exact) mass is 249 g/mol. The lowest BCUT2D eigenvalue weighted by molar-refractivity contribution is -0.517. The number of carbonyl (C=O) groups is 1. The Morgan fingerprint density at radius 3 is 2.28 bits per heavy atom. The van der Waals surface area contributed by atoms with E-state index >= 15 is 0 Å². The standard InChI is InChI=1S/C14H19NO3/c1-10(2)13(12-8-6-5-7-9-12)15(17)11(3)14(16)18-4/h5-10,13H,1-4H3/b15-11+. The van der Waals surface area contributed by atoms with Crippen molar-refractivity contribution >= 4 is 11.7 Å². The molecule has 0 saturated carbocycles. The molecule has 1 aromatic carbocycles. The van der Waals surface area contributed by atoms with E-state index in [2.05, 4.69) is 4.74 Å². The van der Waals surface area contributed by atoms with Gasteiger partial charge in [-0.2, -0.15) is 4.74 Å². The molecule has 0 fully saturated rings. The first-order chi connectivity index (χ1) is 8.49. The molecular formula is C14H19NO3. The number of methoxy groups -OCH3 is 1. The zero-order valence-electron chi connectivity index (χ0n) is 11.2. The molecule has 1 aromatic rings. The van der Waals surface area contributed by atoms with Crippen LogP contribution < -0.4 is 0 Å². The predicted octanol–water partition coefficient (Wildman–Crippen LogP) is 2.53. The number of esters is 1. The lowest BCUT2D eigenvalue weighted by Crippen LogP contribution is -2.29. The van der Waals surface area contributed by atoms with Gasteiger partial charge in [0.25, 0.3) is 5.71 Å². The third-order valence-corrected chi connectivity index (χ3v) is 2.84. The van der Waals surface area contributed by atoms with Crippen molar-refractivity contribution in [2.45, 2.75) is 26.8 Å². The van der Waals surface area contributed by atoms with Crippen LogP contribution in [0, 0.1) is 11.1 Å². The molecule has 0 aliphatic rings. The first kappa shape index (κ1) is 14.2. The van der Waals surface area contributed by atoms with E-state index in [4.69, 9.17) is 0 Å². The molecular weight excluding hydrogens is 230 g/mol. The second-order valence-electron chi connectivity index (χ2n) is 4.50. The molecule has 1 unspecified atom stereocenters. The van der Waals surface area contributed by atoms with Crippen LogP contribution in [0.4, 0.5) is 0 Å². The quantitative estimate of drug-likeness (QED) is 0.271. The fourth-order valence-corrected chi connectivity index (χ4v) is 1.89. The second kappa shape index (κ2) is 6.19. The molecule has 0 saturated heterocycles. The second-order valence-corrected chi connectivity index (χ2v) is 4.50. The normalized spacial score (nSPS) is 14.1. The molecule has 1 atom stereocenters. The number of carbonyl (C=O) groups excluding carboxylic acids is 1. The van der Waals surface area contributed by atoms with Crippen LogP contribution in [0.25, 0.3) is 0 Å². The Morgan fingerprint density at radius 2 is 1.83 bits per heavy atom. The largest absolute Gasteiger partial charge is 0.623 e. The van der Waals surface area contributed by atoms with Crippen molar-refractivity contribution in [2.24, 2.45) is 5.92 Å². The lowest BCUT2D eigenvalue weighted by Gasteiger charge is -2.21. The van der Waals surface area contributed by atoms with E-state index in [9.17, 15) is 10.0 Å². The molecule has 4 nitrogen and oxygen atoms in total. The van der Waals surface area contributed by atoms with Crippen molar-refractivity contribution in [1.29, 1.82) is 0 Å². The smallest absolute Gasteiger partial charge is 0.399 e. The Hall–Kier alpha value is -1.84. The Morgan fingerprint density at radius 1 is 1.28 bits per heavy atom. The molecule has 0 aliphatic carbocycles. The van der Waals surface area contributed by atoms with Gasteiger partial charge in [0, 0.05) is 18.4 Å². The van der Waals surface area contributed by atoms with Gasteiger partial charge in [-0.15, -0.1) is 0 Å². The first-order valence-corrected chi connectivity index (χ1v) is 5.92. The summed E-state index contributed by atoms with van der Waals surface area (Å²) in [6.07, 6.45) is 0. The maximum atomic E-state index is 12.3. The van der Waals surface area contributed by atoms with E-state index < -0.39 is 5.97 Å². The van der Waals surface area contributed by atoms with Crippen molar-refractivity contribution in [3.05, 3.63) is 41.1 Å². The zero-order chi connectivity index (χ0) is 13.7. The van der Waals surface area contributed by atoms with Crippen molar-refractivity contribution in [3.63, 3.8) is 0 Å². The van der Waals surface area contributed by atoms with Gasteiger partial charge in [0.05, 0.1) is 7.11 Å². The minimum absolute atomic E-state index is 0.0695. The van der Waals surface area contributed by atoms with Crippen LogP contribution in [-0.4, -0.2) is 23.5 Å². The third kappa shape index (κ3) is 3.09. The van der Waals surface area contributed by atoms with E-state index in [1.54, 1.807) is 0 Å². The Bertz CT molecular complexity index is 438. The van der Waals surface area contributed by atoms with Crippen LogP contribution in [0.1, 0.15) is 32.4 Å². The highest BCUT2D eigenvalue weighted by Gasteiger charge is 2.27. The van der Waals surface area contributed by atoms with Gasteiger partial charge < -0.3 is 9.94 Å². The van der Waals surface area contributed by atoms with E-state index in [1.807, 2.05) is 44.2 Å². The van der Waals surface area contributed by atoms with Gasteiger partial charge in [-0.3, -0.25) is 0 Å². The fourth-order valence-electron chi connectivity index (χ4n) is 1.89. The van der Waals surface area contributed by atoms with Gasteiger partial charge >= 0.3 is 5.97 Å². The van der Waals surface area contributed by atoms with Crippen LogP contribution in [-0.2, 0) is 9.53 Å². The molecule has 1 rings (SSSR count). The Labute approximate surface area is 107 Å². The van der Waals surface area contributed by atoms with Crippen molar-refractivity contribution < 1.29 is 14.3 Å². The average molecular weight is 249 g/mol. The summed E-state index contributed by atoms with van der Waals surface area (Å²) in [4.78, 5) is 11.4. The van der Waals surface area contributed by atoms with Gasteiger partial charge in [0.15, 0.2) is 6.04 Å². The molecule has 0 spiro atoms. The number of hydrogen-bond donors (Lipinski definition) is 0. The number of hydrogen-bond acceptors (Lipinski definition) is 3. The minimum Gasteiger partial charge on any atom is -0.623 e. The number of benzene rings is 1. The molecule has 0 amide bonds. The molecule has 0 N–H and O–H groups in total. The highest BCUT2D eigenvalue weighted by molar-refractivity contribution is 6.33. The Kier molecular flexibility index (Phi) is 4.89. The summed E-state index contributed by atoms with van der Waals surface area (Å²) < 4.78 is 5.32. The highest BCUT2D eigenvalue weighted by atomic mass is 16.5. The van der Waals surface area contributed by atoms with Crippen LogP contribution in [0.15, 0.2) is 30.3 Å². The molecule has 0 heterocycles. The summed E-state index contributed by atoms with van der Waals surface area (Å²) in [7, 11) is 1.27. The summed E-state index contributed by atoms with van der Waals surface area (Å²) in [5.74, 6) is -0.504. The number of nitrogens with zero attached hydrogens (tertiary/aromatic N) is 1. The number of ether oxygens (including phenoxy) is 1. The SMILES string of the molecule is COC(=O)/C(C)=[N+](/[O-])C(c1ccccc1)C(C)C. The number of rotatable bonds is 4. The van der Waals surface area contributed by atoms with Crippen LogP contribution in [0.3, 0.4) is 0 Å².